The smallest absolute Gasteiger partial charge is 0.127 e. The normalized spacial score (nSPS) is 11.7. The standard InChI is InChI=1S/C53H41N5.C43H30N4O5/c1-4-14-44(15-5-1)57(45-16-6-2-7-17-45)48-32-26-42(27-33-48)43-28-34-49(35-29-43)58(46-18-8-3-9-19-46)47-30-24-40(25-31-47)22-23-41-38-52(50-20-10-12-36-54-50)56-53(39-41)51-21-11-13-37-55-51;48-42(49)31-21-23-44-38(27-31)40-25-30(26-41(46-40)39-28-32(43(50)51)22-24-45-39)12-11-29-13-17-36(18-14-29)52-37-19-15-35(16-20-37)47(33-7-3-1-4-8-33)34-9-5-2-6-10-34/h1-2,4-8,10-39H,3,9H2;1-28H,(H,48,49)(H,50,51)/p-2/b23-22+;12-11+. The van der Waals surface area contributed by atoms with Gasteiger partial charge in [0.1, 0.15) is 11.5 Å². The number of carbonyl (C=O) groups is 2. The van der Waals surface area contributed by atoms with Gasteiger partial charge in [-0.05, 0) is 246 Å². The van der Waals surface area contributed by atoms with E-state index in [0.717, 1.165) is 97.8 Å². The van der Waals surface area contributed by atoms with Crippen LogP contribution in [0.3, 0.4) is 0 Å². The highest BCUT2D eigenvalue weighted by Gasteiger charge is 2.19. The molecule has 6 aromatic heterocycles. The van der Waals surface area contributed by atoms with E-state index >= 15 is 0 Å². The fourth-order valence-corrected chi connectivity index (χ4v) is 12.8. The predicted molar refractivity (Wildman–Crippen MR) is 437 cm³/mol. The molecule has 9 aromatic carbocycles. The van der Waals surface area contributed by atoms with E-state index in [1.54, 1.807) is 24.5 Å². The van der Waals surface area contributed by atoms with Gasteiger partial charge in [-0.15, -0.1) is 0 Å². The molecule has 0 atom stereocenters. The molecule has 1 aliphatic rings. The Balaban J connectivity index is 0.000000176. The van der Waals surface area contributed by atoms with E-state index in [1.165, 1.54) is 53.5 Å². The molecule has 0 bridgehead atoms. The second-order valence-electron chi connectivity index (χ2n) is 25.7. The number of aromatic carboxylic acids is 2. The van der Waals surface area contributed by atoms with Crippen LogP contribution in [0, 0.1) is 0 Å². The number of hydrogen-bond acceptors (Lipinski definition) is 14. The molecular formula is C96H69N9O5-2. The number of pyridine rings is 6. The third-order valence-electron chi connectivity index (χ3n) is 18.2. The largest absolute Gasteiger partial charge is 0.545 e. The van der Waals surface area contributed by atoms with Crippen LogP contribution in [0.4, 0.5) is 45.5 Å². The molecule has 16 rings (SSSR count). The Hall–Kier alpha value is -15.0. The molecule has 1 aliphatic carbocycles. The molecule has 0 N–H and O–H groups in total. The van der Waals surface area contributed by atoms with Gasteiger partial charge in [0.25, 0.3) is 0 Å². The number of aromatic nitrogens is 6. The van der Waals surface area contributed by atoms with E-state index in [-0.39, 0.29) is 11.1 Å². The minimum absolute atomic E-state index is 0.0500. The SMILES string of the molecule is C1=CC(N(c2ccc(/C=C/c3cc(-c4ccccn4)nc(-c4ccccn4)c3)cc2)c2ccc(-c3ccc(N(c4ccccc4)c4ccccc4)cc3)cc2)=CCC1.O=C([O-])c1ccnc(-c2cc(/C=C/c3ccc(Oc4ccc(N(c5ccccc5)c5ccccc5)cc4)cc3)cc(-c3cc(C(=O)[O-])ccn3)n2)c1. The average molecular weight is 1430 g/mol. The van der Waals surface area contributed by atoms with E-state index in [9.17, 15) is 19.8 Å². The highest BCUT2D eigenvalue weighted by Crippen LogP contribution is 2.40. The van der Waals surface area contributed by atoms with Gasteiger partial charge in [0.2, 0.25) is 0 Å². The summed E-state index contributed by atoms with van der Waals surface area (Å²) in [6, 6.07) is 108. The third kappa shape index (κ3) is 17.3. The number of carboxylic acid groups (broad SMARTS) is 2. The second-order valence-corrected chi connectivity index (χ2v) is 25.7. The molecule has 530 valence electrons. The summed E-state index contributed by atoms with van der Waals surface area (Å²) in [7, 11) is 0. The van der Waals surface area contributed by atoms with Crippen molar-refractivity contribution in [3.8, 4) is 68.2 Å². The molecule has 0 fully saturated rings. The Morgan fingerprint density at radius 2 is 0.627 bits per heavy atom. The molecule has 14 nitrogen and oxygen atoms in total. The van der Waals surface area contributed by atoms with Crippen LogP contribution in [0.25, 0.3) is 81.0 Å². The molecule has 0 radical (unpaired) electrons. The number of nitrogens with zero attached hydrogens (tertiary/aromatic N) is 9. The fourth-order valence-electron chi connectivity index (χ4n) is 12.8. The lowest BCUT2D eigenvalue weighted by Crippen LogP contribution is -2.22. The first-order chi connectivity index (χ1) is 54.1. The van der Waals surface area contributed by atoms with Crippen molar-refractivity contribution in [1.29, 1.82) is 0 Å². The summed E-state index contributed by atoms with van der Waals surface area (Å²) >= 11 is 0. The Labute approximate surface area is 637 Å². The first kappa shape index (κ1) is 70.6. The quantitative estimate of drug-likeness (QED) is 0.0626. The Bertz CT molecular complexity index is 5570. The molecule has 0 amide bonds. The van der Waals surface area contributed by atoms with Crippen LogP contribution < -0.4 is 29.6 Å². The van der Waals surface area contributed by atoms with Crippen LogP contribution in [0.15, 0.2) is 376 Å². The topological polar surface area (TPSA) is 177 Å². The molecule has 14 heteroatoms. The number of para-hydroxylation sites is 4. The molecule has 0 saturated carbocycles. The van der Waals surface area contributed by atoms with Crippen LogP contribution in [-0.2, 0) is 0 Å². The number of carbonyl (C=O) groups excluding carboxylic acids is 2. The summed E-state index contributed by atoms with van der Waals surface area (Å²) in [5.41, 5.74) is 20.4. The minimum atomic E-state index is -1.34. The molecule has 0 aliphatic heterocycles. The van der Waals surface area contributed by atoms with Gasteiger partial charge in [0, 0.05) is 87.1 Å². The number of rotatable bonds is 22. The first-order valence-corrected chi connectivity index (χ1v) is 35.9. The predicted octanol–water partition coefficient (Wildman–Crippen LogP) is 21.2. The van der Waals surface area contributed by atoms with Crippen molar-refractivity contribution in [2.75, 3.05) is 14.7 Å². The van der Waals surface area contributed by atoms with E-state index in [0.29, 0.717) is 39.8 Å². The third-order valence-corrected chi connectivity index (χ3v) is 18.2. The Kier molecular flexibility index (Phi) is 21.7. The van der Waals surface area contributed by atoms with Crippen molar-refractivity contribution in [2.45, 2.75) is 12.8 Å². The van der Waals surface area contributed by atoms with Crippen molar-refractivity contribution < 1.29 is 24.5 Å². The summed E-state index contributed by atoms with van der Waals surface area (Å²) in [6.07, 6.45) is 23.2. The first-order valence-electron chi connectivity index (χ1n) is 35.9. The summed E-state index contributed by atoms with van der Waals surface area (Å²) in [4.78, 5) is 57.1. The highest BCUT2D eigenvalue weighted by atomic mass is 16.5. The number of ether oxygens (including phenoxy) is 1. The van der Waals surface area contributed by atoms with E-state index < -0.39 is 11.9 Å². The molecule has 15 aromatic rings. The van der Waals surface area contributed by atoms with Gasteiger partial charge in [-0.25, -0.2) is 9.97 Å². The Morgan fingerprint density at radius 3 is 1.00 bits per heavy atom. The van der Waals surface area contributed by atoms with Crippen molar-refractivity contribution in [3.05, 3.63) is 410 Å². The lowest BCUT2D eigenvalue weighted by molar-refractivity contribution is -0.256. The zero-order chi connectivity index (χ0) is 74.8. The molecule has 110 heavy (non-hydrogen) atoms. The lowest BCUT2D eigenvalue weighted by Gasteiger charge is -2.28. The fraction of sp³-hybridized carbons (Fsp3) is 0.0208. The highest BCUT2D eigenvalue weighted by molar-refractivity contribution is 5.89. The van der Waals surface area contributed by atoms with Crippen LogP contribution >= 0.6 is 0 Å². The Morgan fingerprint density at radius 1 is 0.300 bits per heavy atom. The van der Waals surface area contributed by atoms with Gasteiger partial charge >= 0.3 is 0 Å². The van der Waals surface area contributed by atoms with Gasteiger partial charge < -0.3 is 39.2 Å². The van der Waals surface area contributed by atoms with E-state index in [2.05, 4.69) is 240 Å². The molecule has 0 unspecified atom stereocenters. The van der Waals surface area contributed by atoms with Gasteiger partial charge in [0.15, 0.2) is 0 Å². The number of carboxylic acids is 2. The number of benzene rings is 9. The number of allylic oxidation sites excluding steroid dienone is 3. The molecule has 0 spiro atoms. The van der Waals surface area contributed by atoms with Gasteiger partial charge in [-0.1, -0.05) is 170 Å². The zero-order valence-corrected chi connectivity index (χ0v) is 59.5. The van der Waals surface area contributed by atoms with Gasteiger partial charge in [-0.2, -0.15) is 0 Å². The average Bonchev–Trinajstić information content (AvgIpc) is 0.829. The summed E-state index contributed by atoms with van der Waals surface area (Å²) < 4.78 is 6.17. The number of anilines is 8. The van der Waals surface area contributed by atoms with Crippen molar-refractivity contribution in [2.24, 2.45) is 0 Å². The summed E-state index contributed by atoms with van der Waals surface area (Å²) in [5.74, 6) is -1.33. The van der Waals surface area contributed by atoms with Gasteiger partial charge in [-0.3, -0.25) is 19.9 Å². The number of hydrogen-bond donors (Lipinski definition) is 0. The van der Waals surface area contributed by atoms with Crippen LogP contribution in [0.2, 0.25) is 0 Å². The van der Waals surface area contributed by atoms with Crippen LogP contribution in [0.1, 0.15) is 55.8 Å². The maximum absolute atomic E-state index is 11.5. The molecular weight excluding hydrogens is 1360 g/mol. The maximum atomic E-state index is 11.5. The second kappa shape index (κ2) is 33.8. The maximum Gasteiger partial charge on any atom is 0.127 e. The van der Waals surface area contributed by atoms with Crippen molar-refractivity contribution >= 4 is 81.7 Å². The molecule has 6 heterocycles. The van der Waals surface area contributed by atoms with Crippen molar-refractivity contribution in [3.63, 3.8) is 0 Å². The minimum Gasteiger partial charge on any atom is -0.545 e. The summed E-state index contributed by atoms with van der Waals surface area (Å²) in [5, 5.41) is 23.0. The van der Waals surface area contributed by atoms with Crippen LogP contribution in [-0.4, -0.2) is 41.8 Å². The monoisotopic (exact) mass is 1430 g/mol. The van der Waals surface area contributed by atoms with Crippen molar-refractivity contribution in [1.82, 2.24) is 29.9 Å². The van der Waals surface area contributed by atoms with E-state index in [4.69, 9.17) is 9.72 Å². The van der Waals surface area contributed by atoms with Crippen LogP contribution in [0.5, 0.6) is 11.5 Å². The summed E-state index contributed by atoms with van der Waals surface area (Å²) in [6.45, 7) is 0. The molecule has 0 saturated heterocycles. The zero-order valence-electron chi connectivity index (χ0n) is 59.5. The van der Waals surface area contributed by atoms with Gasteiger partial charge in [0.05, 0.1) is 57.5 Å². The lowest BCUT2D eigenvalue weighted by atomic mass is 10.0. The van der Waals surface area contributed by atoms with E-state index in [1.807, 2.05) is 133 Å².